The molecule has 0 saturated carbocycles. The van der Waals surface area contributed by atoms with Gasteiger partial charge < -0.3 is 0 Å². The predicted molar refractivity (Wildman–Crippen MR) is 67.9 cm³/mol. The van der Waals surface area contributed by atoms with Gasteiger partial charge in [-0.25, -0.2) is 9.97 Å². The summed E-state index contributed by atoms with van der Waals surface area (Å²) in [5.41, 5.74) is 3.30. The van der Waals surface area contributed by atoms with Crippen molar-refractivity contribution >= 4 is 11.6 Å². The van der Waals surface area contributed by atoms with Crippen molar-refractivity contribution in [2.24, 2.45) is 0 Å². The Morgan fingerprint density at radius 1 is 1.17 bits per heavy atom. The smallest absolute Gasteiger partial charge is 0.222 e. The molecular formula is C12H8ClN5. The summed E-state index contributed by atoms with van der Waals surface area (Å²) in [6, 6.07) is 5.59. The first-order valence-electron chi connectivity index (χ1n) is 5.27. The van der Waals surface area contributed by atoms with Crippen molar-refractivity contribution in [3.63, 3.8) is 0 Å². The van der Waals surface area contributed by atoms with E-state index in [1.54, 1.807) is 30.9 Å². The number of hydrogen-bond donors (Lipinski definition) is 1. The molecular weight excluding hydrogens is 250 g/mol. The number of aromatic amines is 1. The van der Waals surface area contributed by atoms with Crippen molar-refractivity contribution in [1.82, 2.24) is 25.1 Å². The van der Waals surface area contributed by atoms with Gasteiger partial charge in [-0.05, 0) is 29.8 Å². The van der Waals surface area contributed by atoms with Gasteiger partial charge in [0.2, 0.25) is 5.28 Å². The van der Waals surface area contributed by atoms with Crippen molar-refractivity contribution < 1.29 is 0 Å². The van der Waals surface area contributed by atoms with E-state index in [0.717, 1.165) is 22.5 Å². The Labute approximate surface area is 108 Å². The second kappa shape index (κ2) is 4.54. The largest absolute Gasteiger partial charge is 0.284 e. The number of halogens is 1. The number of H-pyrrole nitrogens is 1. The molecule has 6 heteroatoms. The molecule has 0 unspecified atom stereocenters. The summed E-state index contributed by atoms with van der Waals surface area (Å²) in [6.45, 7) is 0. The first-order chi connectivity index (χ1) is 8.84. The second-order valence-electron chi connectivity index (χ2n) is 3.60. The van der Waals surface area contributed by atoms with Gasteiger partial charge in [0, 0.05) is 35.9 Å². The number of rotatable bonds is 2. The van der Waals surface area contributed by atoms with E-state index in [4.69, 9.17) is 11.6 Å². The average Bonchev–Trinajstić information content (AvgIpc) is 2.89. The Morgan fingerprint density at radius 2 is 2.11 bits per heavy atom. The highest BCUT2D eigenvalue weighted by Gasteiger charge is 2.11. The van der Waals surface area contributed by atoms with E-state index in [9.17, 15) is 0 Å². The molecule has 18 heavy (non-hydrogen) atoms. The van der Waals surface area contributed by atoms with Gasteiger partial charge in [-0.15, -0.1) is 0 Å². The summed E-state index contributed by atoms with van der Waals surface area (Å²) in [5, 5.41) is 7.27. The van der Waals surface area contributed by atoms with Crippen molar-refractivity contribution in [3.05, 3.63) is 48.3 Å². The summed E-state index contributed by atoms with van der Waals surface area (Å²) in [5.74, 6) is 0. The normalized spacial score (nSPS) is 10.5. The molecule has 88 valence electrons. The summed E-state index contributed by atoms with van der Waals surface area (Å²) in [7, 11) is 0. The van der Waals surface area contributed by atoms with Crippen LogP contribution in [-0.2, 0) is 0 Å². The van der Waals surface area contributed by atoms with E-state index in [0.29, 0.717) is 0 Å². The minimum atomic E-state index is 0.214. The Hall–Kier alpha value is -2.27. The fraction of sp³-hybridized carbons (Fsp3) is 0. The highest BCUT2D eigenvalue weighted by molar-refractivity contribution is 6.28. The molecule has 0 atom stereocenters. The van der Waals surface area contributed by atoms with Crippen LogP contribution in [0.15, 0.2) is 43.0 Å². The third-order valence-corrected chi connectivity index (χ3v) is 2.66. The molecule has 3 aromatic rings. The molecule has 0 aliphatic heterocycles. The first-order valence-corrected chi connectivity index (χ1v) is 5.65. The highest BCUT2D eigenvalue weighted by atomic mass is 35.5. The van der Waals surface area contributed by atoms with Crippen LogP contribution in [0.1, 0.15) is 0 Å². The van der Waals surface area contributed by atoms with Crippen LogP contribution >= 0.6 is 11.6 Å². The molecule has 0 radical (unpaired) electrons. The zero-order chi connectivity index (χ0) is 12.4. The maximum atomic E-state index is 5.79. The summed E-state index contributed by atoms with van der Waals surface area (Å²) in [6.07, 6.45) is 6.87. The monoisotopic (exact) mass is 257 g/mol. The molecule has 0 aliphatic rings. The molecule has 1 N–H and O–H groups in total. The molecule has 0 saturated heterocycles. The molecule has 0 bridgehead atoms. The molecule has 0 aromatic carbocycles. The minimum Gasteiger partial charge on any atom is -0.284 e. The zero-order valence-corrected chi connectivity index (χ0v) is 9.96. The third-order valence-electron chi connectivity index (χ3n) is 2.48. The zero-order valence-electron chi connectivity index (χ0n) is 9.21. The standard InChI is InChI=1S/C12H8ClN5/c13-12-15-5-3-10(17-12)9-7-16-18-11(9)8-2-1-4-14-6-8/h1-7H,(H,16,18). The SMILES string of the molecule is Clc1nccc(-c2c[nH]nc2-c2cccnc2)n1. The van der Waals surface area contributed by atoms with Gasteiger partial charge in [0.25, 0.3) is 0 Å². The van der Waals surface area contributed by atoms with E-state index in [1.165, 1.54) is 0 Å². The second-order valence-corrected chi connectivity index (χ2v) is 3.94. The first kappa shape index (κ1) is 10.9. The Balaban J connectivity index is 2.13. The number of nitrogens with zero attached hydrogens (tertiary/aromatic N) is 4. The molecule has 3 aromatic heterocycles. The van der Waals surface area contributed by atoms with Crippen molar-refractivity contribution in [1.29, 1.82) is 0 Å². The molecule has 0 spiro atoms. The van der Waals surface area contributed by atoms with Gasteiger partial charge in [-0.1, -0.05) is 0 Å². The summed E-state index contributed by atoms with van der Waals surface area (Å²) < 4.78 is 0. The average molecular weight is 258 g/mol. The van der Waals surface area contributed by atoms with Crippen LogP contribution in [0.2, 0.25) is 5.28 Å². The van der Waals surface area contributed by atoms with Crippen molar-refractivity contribution in [2.45, 2.75) is 0 Å². The molecule has 3 heterocycles. The lowest BCUT2D eigenvalue weighted by atomic mass is 10.1. The number of aromatic nitrogens is 5. The van der Waals surface area contributed by atoms with Crippen LogP contribution in [0.4, 0.5) is 0 Å². The van der Waals surface area contributed by atoms with Gasteiger partial charge in [0.15, 0.2) is 0 Å². The van der Waals surface area contributed by atoms with Gasteiger partial charge in [-0.2, -0.15) is 5.10 Å². The van der Waals surface area contributed by atoms with E-state index in [1.807, 2.05) is 12.1 Å². The Morgan fingerprint density at radius 3 is 2.89 bits per heavy atom. The highest BCUT2D eigenvalue weighted by Crippen LogP contribution is 2.28. The molecule has 3 rings (SSSR count). The third kappa shape index (κ3) is 1.96. The minimum absolute atomic E-state index is 0.214. The fourth-order valence-electron chi connectivity index (χ4n) is 1.69. The van der Waals surface area contributed by atoms with Gasteiger partial charge >= 0.3 is 0 Å². The van der Waals surface area contributed by atoms with Gasteiger partial charge in [0.1, 0.15) is 5.69 Å². The van der Waals surface area contributed by atoms with E-state index in [2.05, 4.69) is 25.1 Å². The fourth-order valence-corrected chi connectivity index (χ4v) is 1.84. The van der Waals surface area contributed by atoms with E-state index in [-0.39, 0.29) is 5.28 Å². The topological polar surface area (TPSA) is 67.3 Å². The van der Waals surface area contributed by atoms with Crippen molar-refractivity contribution in [2.75, 3.05) is 0 Å². The lowest BCUT2D eigenvalue weighted by Crippen LogP contribution is -1.88. The van der Waals surface area contributed by atoms with Crippen LogP contribution in [-0.4, -0.2) is 25.1 Å². The van der Waals surface area contributed by atoms with E-state index < -0.39 is 0 Å². The van der Waals surface area contributed by atoms with Crippen LogP contribution < -0.4 is 0 Å². The van der Waals surface area contributed by atoms with Gasteiger partial charge in [0.05, 0.1) is 5.69 Å². The Kier molecular flexibility index (Phi) is 2.74. The van der Waals surface area contributed by atoms with Crippen molar-refractivity contribution in [3.8, 4) is 22.5 Å². The molecule has 0 amide bonds. The van der Waals surface area contributed by atoms with Gasteiger partial charge in [-0.3, -0.25) is 10.1 Å². The number of hydrogen-bond acceptors (Lipinski definition) is 4. The van der Waals surface area contributed by atoms with E-state index >= 15 is 0 Å². The predicted octanol–water partition coefficient (Wildman–Crippen LogP) is 2.58. The lowest BCUT2D eigenvalue weighted by Gasteiger charge is -2.01. The maximum absolute atomic E-state index is 5.79. The quantitative estimate of drug-likeness (QED) is 0.717. The van der Waals surface area contributed by atoms with Crippen LogP contribution in [0.3, 0.4) is 0 Å². The molecule has 0 aliphatic carbocycles. The van der Waals surface area contributed by atoms with Crippen LogP contribution in [0.5, 0.6) is 0 Å². The van der Waals surface area contributed by atoms with Crippen LogP contribution in [0, 0.1) is 0 Å². The Bertz CT molecular complexity index is 665. The summed E-state index contributed by atoms with van der Waals surface area (Å²) >= 11 is 5.79. The lowest BCUT2D eigenvalue weighted by molar-refractivity contribution is 1.09. The number of nitrogens with one attached hydrogen (secondary N) is 1. The number of pyridine rings is 1. The molecule has 5 nitrogen and oxygen atoms in total. The molecule has 0 fully saturated rings. The maximum Gasteiger partial charge on any atom is 0.222 e. The summed E-state index contributed by atoms with van der Waals surface area (Å²) in [4.78, 5) is 12.1. The van der Waals surface area contributed by atoms with Crippen LogP contribution in [0.25, 0.3) is 22.5 Å².